The van der Waals surface area contributed by atoms with Gasteiger partial charge in [0.1, 0.15) is 0 Å². The van der Waals surface area contributed by atoms with E-state index in [9.17, 15) is 9.59 Å². The molecule has 0 atom stereocenters. The fraction of sp³-hybridized carbons (Fsp3) is 0.417. The zero-order valence-electron chi connectivity index (χ0n) is 18.8. The van der Waals surface area contributed by atoms with Gasteiger partial charge >= 0.3 is 6.03 Å². The van der Waals surface area contributed by atoms with E-state index in [-0.39, 0.29) is 18.0 Å². The Balaban J connectivity index is 1.45. The number of hydrogen-bond donors (Lipinski definition) is 2. The average molecular weight is 442 g/mol. The number of hydrogen-bond acceptors (Lipinski definition) is 5. The number of nitrogens with one attached hydrogen (secondary N) is 2. The van der Waals surface area contributed by atoms with E-state index in [1.54, 1.807) is 26.2 Å². The van der Waals surface area contributed by atoms with Crippen molar-refractivity contribution in [3.63, 3.8) is 0 Å². The minimum absolute atomic E-state index is 0.00839. The van der Waals surface area contributed by atoms with Gasteiger partial charge in [-0.05, 0) is 49.1 Å². The Morgan fingerprint density at radius 3 is 2.16 bits per heavy atom. The first-order chi connectivity index (χ1) is 15.5. The van der Waals surface area contributed by atoms with Crippen molar-refractivity contribution in [1.29, 1.82) is 0 Å². The summed E-state index contributed by atoms with van der Waals surface area (Å²) in [5.74, 6) is 1.67. The second-order valence-electron chi connectivity index (χ2n) is 7.66. The molecule has 0 aromatic heterocycles. The summed E-state index contributed by atoms with van der Waals surface area (Å²) in [6, 6.07) is 13.1. The van der Waals surface area contributed by atoms with Gasteiger partial charge in [0.2, 0.25) is 11.7 Å². The Bertz CT molecular complexity index is 886. The van der Waals surface area contributed by atoms with Crippen LogP contribution in [0.3, 0.4) is 0 Å². The molecule has 172 valence electrons. The highest BCUT2D eigenvalue weighted by Gasteiger charge is 2.24. The number of nitrogens with zero attached hydrogens (tertiary/aromatic N) is 1. The van der Waals surface area contributed by atoms with Gasteiger partial charge in [-0.2, -0.15) is 0 Å². The first-order valence-corrected chi connectivity index (χ1v) is 10.7. The molecule has 1 fully saturated rings. The van der Waals surface area contributed by atoms with Crippen LogP contribution in [0.2, 0.25) is 0 Å². The van der Waals surface area contributed by atoms with Crippen molar-refractivity contribution in [3.8, 4) is 17.2 Å². The third-order valence-corrected chi connectivity index (χ3v) is 5.54. The van der Waals surface area contributed by atoms with Gasteiger partial charge in [-0.25, -0.2) is 4.79 Å². The number of benzene rings is 2. The molecule has 0 aliphatic carbocycles. The minimum Gasteiger partial charge on any atom is -0.493 e. The van der Waals surface area contributed by atoms with Crippen molar-refractivity contribution in [2.75, 3.05) is 39.7 Å². The summed E-state index contributed by atoms with van der Waals surface area (Å²) in [6.45, 7) is 1.22. The monoisotopic (exact) mass is 441 g/mol. The summed E-state index contributed by atoms with van der Waals surface area (Å²) >= 11 is 0. The van der Waals surface area contributed by atoms with Crippen LogP contribution < -0.4 is 24.8 Å². The van der Waals surface area contributed by atoms with Gasteiger partial charge < -0.3 is 29.7 Å². The summed E-state index contributed by atoms with van der Waals surface area (Å²) in [5, 5.41) is 6.00. The molecule has 32 heavy (non-hydrogen) atoms. The molecule has 0 saturated carbocycles. The van der Waals surface area contributed by atoms with Crippen molar-refractivity contribution in [2.24, 2.45) is 0 Å². The van der Waals surface area contributed by atoms with Crippen LogP contribution in [0.5, 0.6) is 17.2 Å². The van der Waals surface area contributed by atoms with Crippen LogP contribution in [0.15, 0.2) is 42.5 Å². The first-order valence-electron chi connectivity index (χ1n) is 10.7. The lowest BCUT2D eigenvalue weighted by atomic mass is 10.0. The molecular formula is C24H31N3O5. The standard InChI is InChI=1S/C24H31N3O5/c1-30-20-15-17(16-21(31-2)23(20)32-3)9-10-22(28)25-19-11-13-27(14-12-19)24(29)26-18-7-5-4-6-8-18/h4-8,15-16,19H,9-14H2,1-3H3,(H,25,28)(H,26,29). The van der Waals surface area contributed by atoms with Crippen LogP contribution in [0, 0.1) is 0 Å². The van der Waals surface area contributed by atoms with E-state index in [4.69, 9.17) is 14.2 Å². The van der Waals surface area contributed by atoms with E-state index >= 15 is 0 Å². The maximum atomic E-state index is 12.5. The van der Waals surface area contributed by atoms with Gasteiger partial charge in [0.05, 0.1) is 21.3 Å². The van der Waals surface area contributed by atoms with Crippen LogP contribution in [-0.4, -0.2) is 57.3 Å². The summed E-state index contributed by atoms with van der Waals surface area (Å²) in [7, 11) is 4.70. The molecule has 1 aliphatic rings. The van der Waals surface area contributed by atoms with Crippen molar-refractivity contribution in [3.05, 3.63) is 48.0 Å². The molecule has 3 rings (SSSR count). The van der Waals surface area contributed by atoms with E-state index in [1.807, 2.05) is 42.5 Å². The van der Waals surface area contributed by atoms with Gasteiger partial charge in [0, 0.05) is 31.2 Å². The largest absolute Gasteiger partial charge is 0.493 e. The van der Waals surface area contributed by atoms with Crippen molar-refractivity contribution in [2.45, 2.75) is 31.7 Å². The number of urea groups is 1. The number of amides is 3. The summed E-state index contributed by atoms with van der Waals surface area (Å²) in [5.41, 5.74) is 1.71. The fourth-order valence-electron chi connectivity index (χ4n) is 3.79. The molecule has 0 bridgehead atoms. The minimum atomic E-state index is -0.108. The number of para-hydroxylation sites is 1. The fourth-order valence-corrected chi connectivity index (χ4v) is 3.79. The van der Waals surface area contributed by atoms with Crippen LogP contribution in [0.4, 0.5) is 10.5 Å². The lowest BCUT2D eigenvalue weighted by Crippen LogP contribution is -2.47. The molecule has 3 amide bonds. The number of likely N-dealkylation sites (tertiary alicyclic amines) is 1. The van der Waals surface area contributed by atoms with Gasteiger partial charge in [-0.1, -0.05) is 18.2 Å². The molecule has 0 radical (unpaired) electrons. The first kappa shape index (κ1) is 23.2. The van der Waals surface area contributed by atoms with Gasteiger partial charge in [0.25, 0.3) is 0 Å². The quantitative estimate of drug-likeness (QED) is 0.655. The third kappa shape index (κ3) is 6.06. The van der Waals surface area contributed by atoms with Crippen LogP contribution >= 0.6 is 0 Å². The third-order valence-electron chi connectivity index (χ3n) is 5.54. The van der Waals surface area contributed by atoms with Crippen LogP contribution in [0.25, 0.3) is 0 Å². The molecule has 2 N–H and O–H groups in total. The number of carbonyl (C=O) groups excluding carboxylic acids is 2. The molecule has 2 aromatic rings. The van der Waals surface area contributed by atoms with E-state index in [1.165, 1.54) is 0 Å². The zero-order valence-corrected chi connectivity index (χ0v) is 18.8. The number of carbonyl (C=O) groups is 2. The molecule has 1 heterocycles. The Morgan fingerprint density at radius 2 is 1.59 bits per heavy atom. The molecule has 0 unspecified atom stereocenters. The molecule has 1 aliphatic heterocycles. The Labute approximate surface area is 188 Å². The predicted molar refractivity (Wildman–Crippen MR) is 123 cm³/mol. The molecule has 8 nitrogen and oxygen atoms in total. The summed E-state index contributed by atoms with van der Waals surface area (Å²) in [6.07, 6.45) is 2.38. The van der Waals surface area contributed by atoms with Crippen molar-refractivity contribution < 1.29 is 23.8 Å². The van der Waals surface area contributed by atoms with Crippen molar-refractivity contribution >= 4 is 17.6 Å². The lowest BCUT2D eigenvalue weighted by molar-refractivity contribution is -0.122. The highest BCUT2D eigenvalue weighted by Crippen LogP contribution is 2.38. The maximum Gasteiger partial charge on any atom is 0.321 e. The van der Waals surface area contributed by atoms with Gasteiger partial charge in [-0.3, -0.25) is 4.79 Å². The average Bonchev–Trinajstić information content (AvgIpc) is 2.83. The second-order valence-corrected chi connectivity index (χ2v) is 7.66. The Kier molecular flexibility index (Phi) is 8.19. The molecule has 2 aromatic carbocycles. The predicted octanol–water partition coefficient (Wildman–Crippen LogP) is 3.46. The number of piperidine rings is 1. The Morgan fingerprint density at radius 1 is 0.969 bits per heavy atom. The highest BCUT2D eigenvalue weighted by molar-refractivity contribution is 5.89. The van der Waals surface area contributed by atoms with E-state index in [0.717, 1.165) is 24.1 Å². The maximum absolute atomic E-state index is 12.5. The molecule has 1 saturated heterocycles. The van der Waals surface area contributed by atoms with Gasteiger partial charge in [0.15, 0.2) is 11.5 Å². The normalized spacial score (nSPS) is 13.9. The van der Waals surface area contributed by atoms with Crippen molar-refractivity contribution in [1.82, 2.24) is 10.2 Å². The second kappa shape index (κ2) is 11.3. The zero-order chi connectivity index (χ0) is 22.9. The lowest BCUT2D eigenvalue weighted by Gasteiger charge is -2.32. The molecular weight excluding hydrogens is 410 g/mol. The number of methoxy groups -OCH3 is 3. The number of anilines is 1. The van der Waals surface area contributed by atoms with E-state index in [2.05, 4.69) is 10.6 Å². The van der Waals surface area contributed by atoms with E-state index < -0.39 is 0 Å². The SMILES string of the molecule is COc1cc(CCC(=O)NC2CCN(C(=O)Nc3ccccc3)CC2)cc(OC)c1OC. The number of ether oxygens (including phenoxy) is 3. The smallest absolute Gasteiger partial charge is 0.321 e. The number of aryl methyl sites for hydroxylation is 1. The highest BCUT2D eigenvalue weighted by atomic mass is 16.5. The van der Waals surface area contributed by atoms with Crippen LogP contribution in [0.1, 0.15) is 24.8 Å². The number of rotatable bonds is 8. The van der Waals surface area contributed by atoms with Gasteiger partial charge in [-0.15, -0.1) is 0 Å². The molecule has 8 heteroatoms. The van der Waals surface area contributed by atoms with E-state index in [0.29, 0.717) is 43.2 Å². The summed E-state index contributed by atoms with van der Waals surface area (Å²) < 4.78 is 16.1. The topological polar surface area (TPSA) is 89.1 Å². The Hall–Kier alpha value is -3.42. The van der Waals surface area contributed by atoms with Crippen LogP contribution in [-0.2, 0) is 11.2 Å². The molecule has 0 spiro atoms. The summed E-state index contributed by atoms with van der Waals surface area (Å²) in [4.78, 5) is 26.7.